The summed E-state index contributed by atoms with van der Waals surface area (Å²) in [5.41, 5.74) is 2.33. The Morgan fingerprint density at radius 2 is 2.09 bits per heavy atom. The van der Waals surface area contributed by atoms with Crippen LogP contribution in [-0.4, -0.2) is 42.6 Å². The molecular weight excluding hydrogens is 288 g/mol. The number of ether oxygens (including phenoxy) is 1. The third kappa shape index (κ3) is 3.52. The lowest BCUT2D eigenvalue weighted by atomic mass is 10.0. The number of rotatable bonds is 4. The number of hydrogen-bond acceptors (Lipinski definition) is 3. The fourth-order valence-electron chi connectivity index (χ4n) is 3.85. The zero-order chi connectivity index (χ0) is 16.4. The van der Waals surface area contributed by atoms with E-state index >= 15 is 0 Å². The van der Waals surface area contributed by atoms with Crippen LogP contribution in [0, 0.1) is 6.92 Å². The Balaban J connectivity index is 1.68. The number of amides is 1. The molecule has 2 bridgehead atoms. The van der Waals surface area contributed by atoms with Crippen LogP contribution in [0.25, 0.3) is 0 Å². The van der Waals surface area contributed by atoms with E-state index in [1.54, 1.807) is 0 Å². The van der Waals surface area contributed by atoms with Crippen molar-refractivity contribution < 1.29 is 9.53 Å². The minimum Gasteiger partial charge on any atom is -0.483 e. The lowest BCUT2D eigenvalue weighted by molar-refractivity contribution is -0.136. The van der Waals surface area contributed by atoms with Gasteiger partial charge in [-0.25, -0.2) is 0 Å². The van der Waals surface area contributed by atoms with Crippen molar-refractivity contribution in [2.24, 2.45) is 0 Å². The number of carbonyl (C=O) groups excluding carboxylic acids is 1. The molecule has 2 heterocycles. The number of nitrogens with one attached hydrogen (secondary N) is 1. The smallest absolute Gasteiger partial charge is 0.261 e. The molecule has 4 heteroatoms. The van der Waals surface area contributed by atoms with Crippen LogP contribution in [0.5, 0.6) is 5.75 Å². The van der Waals surface area contributed by atoms with Crippen molar-refractivity contribution >= 4 is 5.91 Å². The van der Waals surface area contributed by atoms with Gasteiger partial charge in [0.05, 0.1) is 0 Å². The Labute approximate surface area is 139 Å². The van der Waals surface area contributed by atoms with Crippen LogP contribution in [-0.2, 0) is 4.79 Å². The van der Waals surface area contributed by atoms with Gasteiger partial charge in [-0.15, -0.1) is 0 Å². The molecule has 2 unspecified atom stereocenters. The maximum Gasteiger partial charge on any atom is 0.261 e. The SMILES string of the molecule is Cc1ccc(C(C)C)c(OCC(=O)N2C3CCNCC2CC3)c1. The van der Waals surface area contributed by atoms with E-state index in [4.69, 9.17) is 4.74 Å². The van der Waals surface area contributed by atoms with E-state index in [-0.39, 0.29) is 12.5 Å². The Bertz CT molecular complexity index is 556. The zero-order valence-corrected chi connectivity index (χ0v) is 14.5. The summed E-state index contributed by atoms with van der Waals surface area (Å²) in [5, 5.41) is 3.43. The lowest BCUT2D eigenvalue weighted by Gasteiger charge is -2.28. The van der Waals surface area contributed by atoms with E-state index in [1.165, 1.54) is 5.56 Å². The fraction of sp³-hybridized carbons (Fsp3) is 0.632. The standard InChI is InChI=1S/C19H28N2O2/c1-13(2)17-7-4-14(3)10-18(17)23-12-19(22)21-15-5-6-16(21)11-20-9-8-15/h4,7,10,13,15-16,20H,5-6,8-9,11-12H2,1-3H3. The maximum atomic E-state index is 12.7. The molecule has 3 rings (SSSR count). The molecule has 2 saturated heterocycles. The first-order valence-electron chi connectivity index (χ1n) is 8.81. The van der Waals surface area contributed by atoms with Crippen molar-refractivity contribution in [2.45, 2.75) is 58.0 Å². The zero-order valence-electron chi connectivity index (χ0n) is 14.5. The maximum absolute atomic E-state index is 12.7. The third-order valence-corrected chi connectivity index (χ3v) is 5.08. The molecule has 0 spiro atoms. The van der Waals surface area contributed by atoms with Gasteiger partial charge in [0.15, 0.2) is 6.61 Å². The summed E-state index contributed by atoms with van der Waals surface area (Å²) in [7, 11) is 0. The Morgan fingerprint density at radius 3 is 2.87 bits per heavy atom. The molecule has 4 nitrogen and oxygen atoms in total. The summed E-state index contributed by atoms with van der Waals surface area (Å²) < 4.78 is 5.95. The number of nitrogens with zero attached hydrogens (tertiary/aromatic N) is 1. The molecular formula is C19H28N2O2. The number of carbonyl (C=O) groups is 1. The number of aryl methyl sites for hydroxylation is 1. The minimum absolute atomic E-state index is 0.136. The Kier molecular flexibility index (Phi) is 4.90. The normalized spacial score (nSPS) is 23.9. The van der Waals surface area contributed by atoms with E-state index in [9.17, 15) is 4.79 Å². The van der Waals surface area contributed by atoms with Crippen LogP contribution < -0.4 is 10.1 Å². The van der Waals surface area contributed by atoms with Gasteiger partial charge in [-0.3, -0.25) is 4.79 Å². The molecule has 2 atom stereocenters. The third-order valence-electron chi connectivity index (χ3n) is 5.08. The largest absolute Gasteiger partial charge is 0.483 e. The summed E-state index contributed by atoms with van der Waals surface area (Å²) >= 11 is 0. The molecule has 0 aliphatic carbocycles. The van der Waals surface area contributed by atoms with Gasteiger partial charge >= 0.3 is 0 Å². The molecule has 1 aromatic carbocycles. The van der Waals surface area contributed by atoms with Crippen LogP contribution in [0.2, 0.25) is 0 Å². The molecule has 2 aliphatic heterocycles. The first-order valence-corrected chi connectivity index (χ1v) is 8.81. The van der Waals surface area contributed by atoms with E-state index in [1.807, 2.05) is 6.07 Å². The number of benzene rings is 1. The van der Waals surface area contributed by atoms with E-state index in [2.05, 4.69) is 43.1 Å². The monoisotopic (exact) mass is 316 g/mol. The highest BCUT2D eigenvalue weighted by Gasteiger charge is 2.37. The summed E-state index contributed by atoms with van der Waals surface area (Å²) in [6.45, 7) is 8.45. The van der Waals surface area contributed by atoms with Gasteiger partial charge in [-0.2, -0.15) is 0 Å². The van der Waals surface area contributed by atoms with E-state index in [0.29, 0.717) is 18.0 Å². The van der Waals surface area contributed by atoms with E-state index in [0.717, 1.165) is 43.7 Å². The second-order valence-corrected chi connectivity index (χ2v) is 7.16. The van der Waals surface area contributed by atoms with Crippen molar-refractivity contribution in [1.29, 1.82) is 0 Å². The average molecular weight is 316 g/mol. The van der Waals surface area contributed by atoms with Crippen LogP contribution in [0.1, 0.15) is 50.2 Å². The predicted molar refractivity (Wildman–Crippen MR) is 91.9 cm³/mol. The molecule has 126 valence electrons. The van der Waals surface area contributed by atoms with Crippen LogP contribution in [0.3, 0.4) is 0 Å². The summed E-state index contributed by atoms with van der Waals surface area (Å²) in [4.78, 5) is 14.8. The van der Waals surface area contributed by atoms with Crippen molar-refractivity contribution in [3.05, 3.63) is 29.3 Å². The lowest BCUT2D eigenvalue weighted by Crippen LogP contribution is -2.44. The van der Waals surface area contributed by atoms with Gasteiger partial charge < -0.3 is 15.0 Å². The number of hydrogen-bond donors (Lipinski definition) is 1. The first kappa shape index (κ1) is 16.3. The molecule has 1 N–H and O–H groups in total. The molecule has 0 aromatic heterocycles. The van der Waals surface area contributed by atoms with Crippen LogP contribution in [0.15, 0.2) is 18.2 Å². The van der Waals surface area contributed by atoms with Gasteiger partial charge in [0, 0.05) is 18.6 Å². The van der Waals surface area contributed by atoms with Gasteiger partial charge in [0.1, 0.15) is 5.75 Å². The molecule has 2 aliphatic rings. The van der Waals surface area contributed by atoms with Gasteiger partial charge in [-0.05, 0) is 55.8 Å². The highest BCUT2D eigenvalue weighted by Crippen LogP contribution is 2.30. The molecule has 2 fully saturated rings. The highest BCUT2D eigenvalue weighted by atomic mass is 16.5. The second kappa shape index (κ2) is 6.91. The highest BCUT2D eigenvalue weighted by molar-refractivity contribution is 5.79. The topological polar surface area (TPSA) is 41.6 Å². The van der Waals surface area contributed by atoms with Crippen LogP contribution in [0.4, 0.5) is 0 Å². The van der Waals surface area contributed by atoms with Crippen molar-refractivity contribution in [3.63, 3.8) is 0 Å². The summed E-state index contributed by atoms with van der Waals surface area (Å²) in [6, 6.07) is 7.00. The predicted octanol–water partition coefficient (Wildman–Crippen LogP) is 2.85. The van der Waals surface area contributed by atoms with Crippen LogP contribution >= 0.6 is 0 Å². The molecule has 1 aromatic rings. The molecule has 1 amide bonds. The molecule has 0 saturated carbocycles. The minimum atomic E-state index is 0.136. The Morgan fingerprint density at radius 1 is 1.30 bits per heavy atom. The fourth-order valence-corrected chi connectivity index (χ4v) is 3.85. The molecule has 23 heavy (non-hydrogen) atoms. The Hall–Kier alpha value is -1.55. The van der Waals surface area contributed by atoms with E-state index < -0.39 is 0 Å². The number of fused-ring (bicyclic) bond motifs is 2. The second-order valence-electron chi connectivity index (χ2n) is 7.16. The van der Waals surface area contributed by atoms with Gasteiger partial charge in [0.25, 0.3) is 5.91 Å². The quantitative estimate of drug-likeness (QED) is 0.929. The summed E-state index contributed by atoms with van der Waals surface area (Å²) in [5.74, 6) is 1.38. The summed E-state index contributed by atoms with van der Waals surface area (Å²) in [6.07, 6.45) is 3.31. The van der Waals surface area contributed by atoms with Gasteiger partial charge in [0.2, 0.25) is 0 Å². The van der Waals surface area contributed by atoms with Crippen molar-refractivity contribution in [3.8, 4) is 5.75 Å². The first-order chi connectivity index (χ1) is 11.1. The average Bonchev–Trinajstić information content (AvgIpc) is 2.77. The molecule has 0 radical (unpaired) electrons. The van der Waals surface area contributed by atoms with Crippen molar-refractivity contribution in [2.75, 3.05) is 19.7 Å². The van der Waals surface area contributed by atoms with Crippen molar-refractivity contribution in [1.82, 2.24) is 10.2 Å². The van der Waals surface area contributed by atoms with Gasteiger partial charge in [-0.1, -0.05) is 26.0 Å².